The number of methoxy groups -OCH3 is 1. The van der Waals surface area contributed by atoms with E-state index < -0.39 is 53.8 Å². The number of rotatable bonds is 6. The number of carbonyl (C=O) groups excluding carboxylic acids is 5. The van der Waals surface area contributed by atoms with Crippen LogP contribution >= 0.6 is 11.6 Å². The Balaban J connectivity index is 1.89. The Morgan fingerprint density at radius 1 is 1.10 bits per heavy atom. The lowest BCUT2D eigenvalue weighted by molar-refractivity contribution is -0.144. The number of benzene rings is 1. The molecule has 0 unspecified atom stereocenters. The van der Waals surface area contributed by atoms with Crippen LogP contribution < -0.4 is 21.3 Å². The minimum atomic E-state index is -1.36. The average molecular weight is 580 g/mol. The van der Waals surface area contributed by atoms with E-state index >= 15 is 0 Å². The van der Waals surface area contributed by atoms with Gasteiger partial charge in [-0.2, -0.15) is 0 Å². The second-order valence-electron chi connectivity index (χ2n) is 9.76. The number of nitrogens with one attached hydrogen (secondary N) is 4. The van der Waals surface area contributed by atoms with Gasteiger partial charge in [0.05, 0.1) is 0 Å². The predicted octanol–water partition coefficient (Wildman–Crippen LogP) is -0.180. The fourth-order valence-electron chi connectivity index (χ4n) is 4.72. The van der Waals surface area contributed by atoms with Gasteiger partial charge in [0.1, 0.15) is 24.7 Å². The molecule has 0 bridgehead atoms. The van der Waals surface area contributed by atoms with E-state index in [2.05, 4.69) is 21.3 Å². The predicted molar refractivity (Wildman–Crippen MR) is 142 cm³/mol. The van der Waals surface area contributed by atoms with Crippen LogP contribution in [0.2, 0.25) is 5.02 Å². The van der Waals surface area contributed by atoms with E-state index in [1.165, 1.54) is 24.1 Å². The second-order valence-corrected chi connectivity index (χ2v) is 10.2. The molecule has 2 aliphatic heterocycles. The summed E-state index contributed by atoms with van der Waals surface area (Å²) < 4.78 is 4.84. The number of fused-ring (bicyclic) bond motifs is 1. The third kappa shape index (κ3) is 8.65. The molecule has 0 aliphatic carbocycles. The molecule has 0 saturated carbocycles. The summed E-state index contributed by atoms with van der Waals surface area (Å²) in [6.07, 6.45) is 0.968. The van der Waals surface area contributed by atoms with Crippen molar-refractivity contribution in [2.45, 2.75) is 62.7 Å². The molecular formula is C26H34ClN5O8. The van der Waals surface area contributed by atoms with Gasteiger partial charge in [-0.1, -0.05) is 11.6 Å². The van der Waals surface area contributed by atoms with Crippen molar-refractivity contribution in [1.29, 1.82) is 0 Å². The summed E-state index contributed by atoms with van der Waals surface area (Å²) in [6, 6.07) is 2.02. The molecule has 1 aromatic carbocycles. The van der Waals surface area contributed by atoms with Gasteiger partial charge in [-0.25, -0.2) is 4.79 Å². The number of halogens is 1. The topological polar surface area (TPSA) is 183 Å². The molecule has 0 aromatic heterocycles. The molecule has 3 rings (SSSR count). The third-order valence-corrected chi connectivity index (χ3v) is 7.01. The molecular weight excluding hydrogens is 546 g/mol. The number of ether oxygens (including phenoxy) is 1. The first-order valence-corrected chi connectivity index (χ1v) is 13.4. The Labute approximate surface area is 236 Å². The smallest absolute Gasteiger partial charge is 0.326 e. The van der Waals surface area contributed by atoms with Crippen molar-refractivity contribution in [3.63, 3.8) is 0 Å². The standard InChI is InChI=1S/C26H34ClN5O8/c1-40-14-22(34)29-17-12-20-24(36)31-19(26(38)39)9-10-21(33)28-11-3-2-4-18(25(37)32(20)13-17)30-23(35)15-5-7-16(27)8-6-15/h5-8,17-20H,2-4,9-14H2,1H3,(H,28,33)(H,29,34)(H,30,35)(H,31,36)(H,38,39)/t17-,18+,19+,20+/m1/s1. The minimum Gasteiger partial charge on any atom is -0.480 e. The van der Waals surface area contributed by atoms with Crippen LogP contribution in [0.3, 0.4) is 0 Å². The Morgan fingerprint density at radius 2 is 1.82 bits per heavy atom. The van der Waals surface area contributed by atoms with Crippen LogP contribution in [0.5, 0.6) is 0 Å². The fourth-order valence-corrected chi connectivity index (χ4v) is 4.85. The number of nitrogens with zero attached hydrogens (tertiary/aromatic N) is 1. The van der Waals surface area contributed by atoms with E-state index in [0.29, 0.717) is 24.4 Å². The number of hydrogen-bond donors (Lipinski definition) is 5. The SMILES string of the molecule is COCC(=O)N[C@@H]1C[C@H]2C(=O)N[C@H](C(=O)O)CCC(=O)NCCCC[C@H](NC(=O)c3ccc(Cl)cc3)C(=O)N2C1. The quantitative estimate of drug-likeness (QED) is 0.307. The van der Waals surface area contributed by atoms with Gasteiger partial charge in [0.15, 0.2) is 0 Å². The Hall–Kier alpha value is -3.71. The zero-order valence-electron chi connectivity index (χ0n) is 22.1. The number of carboxylic acid groups (broad SMARTS) is 1. The fraction of sp³-hybridized carbons (Fsp3) is 0.538. The number of amides is 5. The molecule has 5 N–H and O–H groups in total. The van der Waals surface area contributed by atoms with E-state index in [1.54, 1.807) is 12.1 Å². The van der Waals surface area contributed by atoms with Gasteiger partial charge < -0.3 is 36.0 Å². The van der Waals surface area contributed by atoms with Gasteiger partial charge in [-0.3, -0.25) is 24.0 Å². The highest BCUT2D eigenvalue weighted by Gasteiger charge is 2.43. The number of carbonyl (C=O) groups is 6. The van der Waals surface area contributed by atoms with Crippen molar-refractivity contribution in [3.05, 3.63) is 34.9 Å². The molecule has 40 heavy (non-hydrogen) atoms. The molecule has 5 amide bonds. The van der Waals surface area contributed by atoms with Crippen LogP contribution in [0.1, 0.15) is 48.9 Å². The van der Waals surface area contributed by atoms with E-state index in [0.717, 1.165) is 0 Å². The summed E-state index contributed by atoms with van der Waals surface area (Å²) in [6.45, 7) is 0.0522. The van der Waals surface area contributed by atoms with Crippen molar-refractivity contribution < 1.29 is 38.6 Å². The van der Waals surface area contributed by atoms with Gasteiger partial charge in [0, 0.05) is 43.2 Å². The number of aliphatic carboxylic acids is 1. The molecule has 1 aromatic rings. The van der Waals surface area contributed by atoms with Crippen LogP contribution in [0.25, 0.3) is 0 Å². The summed E-state index contributed by atoms with van der Waals surface area (Å²) in [5, 5.41) is 20.7. The minimum absolute atomic E-state index is 0.0255. The van der Waals surface area contributed by atoms with Gasteiger partial charge in [-0.05, 0) is 56.4 Å². The lowest BCUT2D eigenvalue weighted by Crippen LogP contribution is -2.55. The molecule has 13 nitrogen and oxygen atoms in total. The summed E-state index contributed by atoms with van der Waals surface area (Å²) in [7, 11) is 1.36. The number of carboxylic acids is 1. The summed E-state index contributed by atoms with van der Waals surface area (Å²) in [5.74, 6) is -3.91. The van der Waals surface area contributed by atoms with Crippen LogP contribution in [-0.2, 0) is 28.7 Å². The first kappa shape index (κ1) is 30.8. The maximum atomic E-state index is 13.8. The Morgan fingerprint density at radius 3 is 2.50 bits per heavy atom. The largest absolute Gasteiger partial charge is 0.480 e. The van der Waals surface area contributed by atoms with Crippen LogP contribution in [0, 0.1) is 0 Å². The first-order chi connectivity index (χ1) is 19.1. The van der Waals surface area contributed by atoms with Gasteiger partial charge >= 0.3 is 5.97 Å². The average Bonchev–Trinajstić information content (AvgIpc) is 3.33. The molecule has 2 aliphatic rings. The number of hydrogen-bond acceptors (Lipinski definition) is 7. The molecule has 2 heterocycles. The lowest BCUT2D eigenvalue weighted by atomic mass is 10.1. The second kappa shape index (κ2) is 14.6. The molecule has 218 valence electrons. The lowest BCUT2D eigenvalue weighted by Gasteiger charge is -2.29. The third-order valence-electron chi connectivity index (χ3n) is 6.75. The van der Waals surface area contributed by atoms with Gasteiger partial charge in [0.2, 0.25) is 23.6 Å². The van der Waals surface area contributed by atoms with Crippen LogP contribution in [0.4, 0.5) is 0 Å². The van der Waals surface area contributed by atoms with Crippen molar-refractivity contribution in [2.75, 3.05) is 26.8 Å². The molecule has 2 saturated heterocycles. The van der Waals surface area contributed by atoms with Gasteiger partial charge in [-0.15, -0.1) is 0 Å². The maximum Gasteiger partial charge on any atom is 0.326 e. The Kier molecular flexibility index (Phi) is 11.3. The maximum absolute atomic E-state index is 13.8. The monoisotopic (exact) mass is 579 g/mol. The summed E-state index contributed by atoms with van der Waals surface area (Å²) in [4.78, 5) is 77.6. The highest BCUT2D eigenvalue weighted by atomic mass is 35.5. The van der Waals surface area contributed by atoms with E-state index in [-0.39, 0.29) is 50.3 Å². The van der Waals surface area contributed by atoms with Crippen LogP contribution in [-0.4, -0.2) is 96.5 Å². The van der Waals surface area contributed by atoms with Crippen molar-refractivity contribution in [2.24, 2.45) is 0 Å². The highest BCUT2D eigenvalue weighted by molar-refractivity contribution is 6.30. The first-order valence-electron chi connectivity index (χ1n) is 13.0. The molecule has 4 atom stereocenters. The Bertz CT molecular complexity index is 1110. The highest BCUT2D eigenvalue weighted by Crippen LogP contribution is 2.22. The zero-order valence-corrected chi connectivity index (χ0v) is 22.9. The van der Waals surface area contributed by atoms with Crippen molar-refractivity contribution in [3.8, 4) is 0 Å². The molecule has 14 heteroatoms. The van der Waals surface area contributed by atoms with Crippen molar-refractivity contribution in [1.82, 2.24) is 26.2 Å². The summed E-state index contributed by atoms with van der Waals surface area (Å²) in [5.41, 5.74) is 0.282. The van der Waals surface area contributed by atoms with Gasteiger partial charge in [0.25, 0.3) is 5.91 Å². The van der Waals surface area contributed by atoms with Crippen molar-refractivity contribution >= 4 is 47.1 Å². The van der Waals surface area contributed by atoms with E-state index in [4.69, 9.17) is 16.3 Å². The normalized spacial score (nSPS) is 24.6. The molecule has 2 fully saturated rings. The van der Waals surface area contributed by atoms with E-state index in [9.17, 15) is 33.9 Å². The molecule has 0 spiro atoms. The van der Waals surface area contributed by atoms with E-state index in [1.807, 2.05) is 0 Å². The summed E-state index contributed by atoms with van der Waals surface area (Å²) >= 11 is 5.92. The van der Waals surface area contributed by atoms with Crippen LogP contribution in [0.15, 0.2) is 24.3 Å². The molecule has 0 radical (unpaired) electrons. The zero-order chi connectivity index (χ0) is 29.2.